The van der Waals surface area contributed by atoms with Gasteiger partial charge in [0, 0.05) is 16.1 Å². The van der Waals surface area contributed by atoms with Gasteiger partial charge in [0.15, 0.2) is 0 Å². The van der Waals surface area contributed by atoms with Gasteiger partial charge in [-0.2, -0.15) is 5.10 Å². The first-order valence-electron chi connectivity index (χ1n) is 4.06. The number of halogens is 3. The summed E-state index contributed by atoms with van der Waals surface area (Å²) < 4.78 is 26.3. The summed E-state index contributed by atoms with van der Waals surface area (Å²) in [5.74, 6) is 0. The fraction of sp³-hybridized carbons (Fsp3) is 0.222. The van der Waals surface area contributed by atoms with Crippen LogP contribution < -0.4 is 0 Å². The number of aromatic nitrogens is 2. The Morgan fingerprint density at radius 2 is 2.21 bits per heavy atom. The average Bonchev–Trinajstić information content (AvgIpc) is 2.44. The smallest absolute Gasteiger partial charge is 0.257 e. The van der Waals surface area contributed by atoms with Crippen molar-refractivity contribution in [3.8, 4) is 0 Å². The summed E-state index contributed by atoms with van der Waals surface area (Å²) in [5, 5.41) is 4.87. The molecule has 1 aromatic heterocycles. The number of alkyl halides is 2. The molecule has 0 amide bonds. The van der Waals surface area contributed by atoms with E-state index in [0.717, 1.165) is 15.4 Å². The molecule has 0 N–H and O–H groups in total. The minimum atomic E-state index is -2.37. The maximum atomic E-state index is 12.1. The third-order valence-corrected chi connectivity index (χ3v) is 2.33. The summed E-state index contributed by atoms with van der Waals surface area (Å²) in [6.07, 6.45) is -0.751. The van der Waals surface area contributed by atoms with Crippen molar-refractivity contribution >= 4 is 26.8 Å². The lowest BCUT2D eigenvalue weighted by atomic mass is 10.3. The highest BCUT2D eigenvalue weighted by atomic mass is 79.9. The first-order valence-corrected chi connectivity index (χ1v) is 4.85. The first kappa shape index (κ1) is 9.58. The van der Waals surface area contributed by atoms with Crippen LogP contribution in [0.25, 0.3) is 10.9 Å². The molecule has 0 aliphatic rings. The molecule has 2 aromatic rings. The van der Waals surface area contributed by atoms with Gasteiger partial charge in [0.1, 0.15) is 6.54 Å². The highest BCUT2D eigenvalue weighted by molar-refractivity contribution is 9.10. The van der Waals surface area contributed by atoms with Crippen LogP contribution in [0, 0.1) is 0 Å². The van der Waals surface area contributed by atoms with Crippen LogP contribution in [0.1, 0.15) is 0 Å². The lowest BCUT2D eigenvalue weighted by Crippen LogP contribution is -2.06. The highest BCUT2D eigenvalue weighted by Crippen LogP contribution is 2.18. The van der Waals surface area contributed by atoms with Gasteiger partial charge in [0.2, 0.25) is 0 Å². The second-order valence-electron chi connectivity index (χ2n) is 2.95. The first-order chi connectivity index (χ1) is 6.65. The van der Waals surface area contributed by atoms with Gasteiger partial charge in [-0.1, -0.05) is 15.9 Å². The molecule has 2 nitrogen and oxygen atoms in total. The van der Waals surface area contributed by atoms with Crippen LogP contribution in [0.4, 0.5) is 8.78 Å². The molecule has 0 spiro atoms. The van der Waals surface area contributed by atoms with Gasteiger partial charge in [-0.05, 0) is 18.2 Å². The van der Waals surface area contributed by atoms with Crippen molar-refractivity contribution in [3.63, 3.8) is 0 Å². The largest absolute Gasteiger partial charge is 0.266 e. The molecule has 0 radical (unpaired) electrons. The van der Waals surface area contributed by atoms with Gasteiger partial charge >= 0.3 is 0 Å². The Balaban J connectivity index is 2.41. The van der Waals surface area contributed by atoms with Crippen LogP contribution >= 0.6 is 15.9 Å². The lowest BCUT2D eigenvalue weighted by molar-refractivity contribution is 0.122. The second-order valence-corrected chi connectivity index (χ2v) is 3.86. The zero-order chi connectivity index (χ0) is 10.1. The molecule has 0 bridgehead atoms. The summed E-state index contributed by atoms with van der Waals surface area (Å²) in [5.41, 5.74) is 0.730. The quantitative estimate of drug-likeness (QED) is 0.812. The highest BCUT2D eigenvalue weighted by Gasteiger charge is 2.06. The SMILES string of the molecule is FC(F)Cn1cc2cc(Br)ccc2n1. The summed E-state index contributed by atoms with van der Waals surface area (Å²) in [6.45, 7) is -0.355. The number of hydrogen-bond donors (Lipinski definition) is 0. The molecule has 0 aliphatic carbocycles. The van der Waals surface area contributed by atoms with Crippen molar-refractivity contribution in [1.29, 1.82) is 0 Å². The molecule has 0 saturated heterocycles. The molecule has 1 aromatic carbocycles. The summed E-state index contributed by atoms with van der Waals surface area (Å²) >= 11 is 3.31. The fourth-order valence-corrected chi connectivity index (χ4v) is 1.66. The van der Waals surface area contributed by atoms with Crippen molar-refractivity contribution in [2.75, 3.05) is 0 Å². The standard InChI is InChI=1S/C9H7BrF2N2/c10-7-1-2-8-6(3-7)4-14(13-8)5-9(11)12/h1-4,9H,5H2. The summed E-state index contributed by atoms with van der Waals surface area (Å²) in [4.78, 5) is 0. The maximum absolute atomic E-state index is 12.1. The van der Waals surface area contributed by atoms with E-state index >= 15 is 0 Å². The van der Waals surface area contributed by atoms with E-state index in [9.17, 15) is 8.78 Å². The summed E-state index contributed by atoms with van der Waals surface area (Å²) in [7, 11) is 0. The summed E-state index contributed by atoms with van der Waals surface area (Å²) in [6, 6.07) is 5.48. The van der Waals surface area contributed by atoms with Gasteiger partial charge in [0.25, 0.3) is 6.43 Å². The third-order valence-electron chi connectivity index (χ3n) is 1.84. The van der Waals surface area contributed by atoms with Crippen LogP contribution in [-0.2, 0) is 6.54 Å². The molecule has 1 heterocycles. The molecule has 0 saturated carbocycles. The number of hydrogen-bond acceptors (Lipinski definition) is 1. The Morgan fingerprint density at radius 1 is 1.43 bits per heavy atom. The molecular weight excluding hydrogens is 254 g/mol. The Kier molecular flexibility index (Phi) is 2.50. The Morgan fingerprint density at radius 3 is 2.93 bits per heavy atom. The third kappa shape index (κ3) is 1.92. The Labute approximate surface area is 87.6 Å². The number of rotatable bonds is 2. The molecule has 0 atom stereocenters. The van der Waals surface area contributed by atoms with Crippen LogP contribution in [0.3, 0.4) is 0 Å². The van der Waals surface area contributed by atoms with Crippen LogP contribution in [-0.4, -0.2) is 16.2 Å². The number of nitrogens with zero attached hydrogens (tertiary/aromatic N) is 2. The van der Waals surface area contributed by atoms with Crippen molar-refractivity contribution in [3.05, 3.63) is 28.9 Å². The van der Waals surface area contributed by atoms with Gasteiger partial charge in [0.05, 0.1) is 5.52 Å². The second kappa shape index (κ2) is 3.65. The van der Waals surface area contributed by atoms with Gasteiger partial charge in [-0.15, -0.1) is 0 Å². The van der Waals surface area contributed by atoms with E-state index in [1.165, 1.54) is 4.68 Å². The maximum Gasteiger partial charge on any atom is 0.257 e. The molecular formula is C9H7BrF2N2. The van der Waals surface area contributed by atoms with Gasteiger partial charge in [-0.3, -0.25) is 4.68 Å². The number of fused-ring (bicyclic) bond motifs is 1. The predicted octanol–water partition coefficient (Wildman–Crippen LogP) is 3.06. The molecule has 0 aliphatic heterocycles. The van der Waals surface area contributed by atoms with Crippen molar-refractivity contribution < 1.29 is 8.78 Å². The van der Waals surface area contributed by atoms with Gasteiger partial charge in [-0.25, -0.2) is 8.78 Å². The van der Waals surface area contributed by atoms with E-state index in [4.69, 9.17) is 0 Å². The van der Waals surface area contributed by atoms with Crippen LogP contribution in [0.5, 0.6) is 0 Å². The molecule has 0 unspecified atom stereocenters. The average molecular weight is 261 g/mol. The minimum absolute atomic E-state index is 0.355. The molecule has 74 valence electrons. The molecule has 5 heteroatoms. The van der Waals surface area contributed by atoms with E-state index in [2.05, 4.69) is 21.0 Å². The Hall–Kier alpha value is -0.970. The predicted molar refractivity (Wildman–Crippen MR) is 53.4 cm³/mol. The van der Waals surface area contributed by atoms with Crippen molar-refractivity contribution in [2.45, 2.75) is 13.0 Å². The van der Waals surface area contributed by atoms with E-state index in [-0.39, 0.29) is 6.54 Å². The van der Waals surface area contributed by atoms with Crippen LogP contribution in [0.15, 0.2) is 28.9 Å². The van der Waals surface area contributed by atoms with Crippen molar-refractivity contribution in [1.82, 2.24) is 9.78 Å². The topological polar surface area (TPSA) is 17.8 Å². The zero-order valence-corrected chi connectivity index (χ0v) is 8.71. The van der Waals surface area contributed by atoms with Crippen LogP contribution in [0.2, 0.25) is 0 Å². The monoisotopic (exact) mass is 260 g/mol. The molecule has 2 rings (SSSR count). The molecule has 14 heavy (non-hydrogen) atoms. The van der Waals surface area contributed by atoms with E-state index in [1.54, 1.807) is 12.3 Å². The van der Waals surface area contributed by atoms with E-state index in [1.807, 2.05) is 12.1 Å². The minimum Gasteiger partial charge on any atom is -0.266 e. The number of benzene rings is 1. The lowest BCUT2D eigenvalue weighted by Gasteiger charge is -1.96. The fourth-order valence-electron chi connectivity index (χ4n) is 1.28. The normalized spacial score (nSPS) is 11.4. The van der Waals surface area contributed by atoms with E-state index < -0.39 is 6.43 Å². The Bertz CT molecular complexity index is 453. The van der Waals surface area contributed by atoms with E-state index in [0.29, 0.717) is 0 Å². The van der Waals surface area contributed by atoms with Crippen molar-refractivity contribution in [2.24, 2.45) is 0 Å². The zero-order valence-electron chi connectivity index (χ0n) is 7.12. The van der Waals surface area contributed by atoms with Gasteiger partial charge < -0.3 is 0 Å². The molecule has 0 fully saturated rings.